The normalized spacial score (nSPS) is 13.3. The highest BCUT2D eigenvalue weighted by Gasteiger charge is 2.41. The quantitative estimate of drug-likeness (QED) is 0.658. The molecule has 0 aliphatic carbocycles. The van der Waals surface area contributed by atoms with E-state index in [0.717, 1.165) is 0 Å². The van der Waals surface area contributed by atoms with E-state index in [9.17, 15) is 34.8 Å². The van der Waals surface area contributed by atoms with Crippen LogP contribution < -0.4 is 0 Å². The second kappa shape index (κ2) is 6.06. The third-order valence-corrected chi connectivity index (χ3v) is 4.60. The van der Waals surface area contributed by atoms with E-state index in [2.05, 4.69) is 5.10 Å². The lowest BCUT2D eigenvalue weighted by atomic mass is 10.2. The molecule has 1 aromatic heterocycles. The summed E-state index contributed by atoms with van der Waals surface area (Å²) >= 11 is 11.4. The van der Waals surface area contributed by atoms with Gasteiger partial charge in [-0.3, -0.25) is 0 Å². The van der Waals surface area contributed by atoms with E-state index in [4.69, 9.17) is 23.2 Å². The summed E-state index contributed by atoms with van der Waals surface area (Å²) in [4.78, 5) is -1.16. The summed E-state index contributed by atoms with van der Waals surface area (Å²) in [5.41, 5.74) is -3.48. The van der Waals surface area contributed by atoms with Crippen molar-refractivity contribution < 1.29 is 34.8 Å². The summed E-state index contributed by atoms with van der Waals surface area (Å²) in [6, 6.07) is 0.885. The summed E-state index contributed by atoms with van der Waals surface area (Å²) in [5, 5.41) is 1.78. The molecule has 1 aromatic carbocycles. The topological polar surface area (TPSA) is 52.0 Å². The molecular formula is C12H6Cl2F6N2O2S. The first kappa shape index (κ1) is 19.9. The van der Waals surface area contributed by atoms with Crippen molar-refractivity contribution in [3.8, 4) is 5.69 Å². The maximum absolute atomic E-state index is 13.0. The van der Waals surface area contributed by atoms with Gasteiger partial charge in [-0.25, -0.2) is 13.1 Å². The van der Waals surface area contributed by atoms with Crippen LogP contribution in [0.4, 0.5) is 26.3 Å². The number of halogens is 8. The first-order valence-corrected chi connectivity index (χ1v) is 8.70. The SMILES string of the molecule is CS(=O)(=O)c1cn(-c2c(Cl)cc(C(F)(F)F)cc2Cl)nc1C(F)(F)F. The number of hydrogen-bond acceptors (Lipinski definition) is 3. The molecule has 0 radical (unpaired) electrons. The number of benzene rings is 1. The molecule has 25 heavy (non-hydrogen) atoms. The molecule has 2 rings (SSSR count). The highest BCUT2D eigenvalue weighted by atomic mass is 35.5. The molecule has 138 valence electrons. The Hall–Kier alpha value is -1.46. The van der Waals surface area contributed by atoms with Crippen LogP contribution >= 0.6 is 23.2 Å². The molecule has 1 heterocycles. The largest absolute Gasteiger partial charge is 0.436 e. The average molecular weight is 427 g/mol. The van der Waals surface area contributed by atoms with E-state index in [-0.39, 0.29) is 0 Å². The van der Waals surface area contributed by atoms with Crippen LogP contribution in [0, 0.1) is 0 Å². The minimum absolute atomic E-state index is 0.379. The van der Waals surface area contributed by atoms with Crippen LogP contribution in [0.3, 0.4) is 0 Å². The highest BCUT2D eigenvalue weighted by molar-refractivity contribution is 7.90. The van der Waals surface area contributed by atoms with E-state index in [1.54, 1.807) is 0 Å². The van der Waals surface area contributed by atoms with Gasteiger partial charge in [0.2, 0.25) is 0 Å². The van der Waals surface area contributed by atoms with E-state index in [0.29, 0.717) is 29.3 Å². The Labute approximate surface area is 146 Å². The minimum Gasteiger partial charge on any atom is -0.236 e. The van der Waals surface area contributed by atoms with Gasteiger partial charge in [0, 0.05) is 6.26 Å². The van der Waals surface area contributed by atoms with Crippen LogP contribution in [0.25, 0.3) is 5.69 Å². The fraction of sp³-hybridized carbons (Fsp3) is 0.250. The third-order valence-electron chi connectivity index (χ3n) is 2.92. The lowest BCUT2D eigenvalue weighted by molar-refractivity contribution is -0.143. The Balaban J connectivity index is 2.75. The van der Waals surface area contributed by atoms with Gasteiger partial charge in [-0.15, -0.1) is 0 Å². The molecule has 0 amide bonds. The first-order chi connectivity index (χ1) is 11.1. The molecule has 0 aliphatic rings. The first-order valence-electron chi connectivity index (χ1n) is 6.06. The molecule has 0 spiro atoms. The third kappa shape index (κ3) is 4.04. The highest BCUT2D eigenvalue weighted by Crippen LogP contribution is 2.39. The van der Waals surface area contributed by atoms with Gasteiger partial charge >= 0.3 is 12.4 Å². The van der Waals surface area contributed by atoms with Crippen LogP contribution in [0.1, 0.15) is 11.3 Å². The van der Waals surface area contributed by atoms with Crippen LogP contribution in [0.2, 0.25) is 10.0 Å². The van der Waals surface area contributed by atoms with Crippen molar-refractivity contribution in [1.29, 1.82) is 0 Å². The molecule has 0 N–H and O–H groups in total. The molecule has 0 saturated heterocycles. The van der Waals surface area contributed by atoms with Gasteiger partial charge in [0.05, 0.1) is 21.8 Å². The number of aromatic nitrogens is 2. The van der Waals surface area contributed by atoms with Gasteiger partial charge in [-0.05, 0) is 12.1 Å². The Morgan fingerprint density at radius 2 is 1.48 bits per heavy atom. The summed E-state index contributed by atoms with van der Waals surface area (Å²) in [5.74, 6) is 0. The van der Waals surface area contributed by atoms with Gasteiger partial charge in [0.15, 0.2) is 15.5 Å². The van der Waals surface area contributed by atoms with Gasteiger partial charge < -0.3 is 0 Å². The van der Waals surface area contributed by atoms with E-state index >= 15 is 0 Å². The Bertz CT molecular complexity index is 911. The Morgan fingerprint density at radius 3 is 1.80 bits per heavy atom. The zero-order valence-corrected chi connectivity index (χ0v) is 14.2. The number of hydrogen-bond donors (Lipinski definition) is 0. The van der Waals surface area contributed by atoms with Crippen molar-refractivity contribution in [3.63, 3.8) is 0 Å². The molecule has 13 heteroatoms. The van der Waals surface area contributed by atoms with Gasteiger partial charge in [-0.2, -0.15) is 31.4 Å². The molecule has 0 bridgehead atoms. The van der Waals surface area contributed by atoms with Crippen molar-refractivity contribution >= 4 is 33.0 Å². The molecule has 0 atom stereocenters. The zero-order chi connectivity index (χ0) is 19.4. The van der Waals surface area contributed by atoms with Crippen molar-refractivity contribution in [3.05, 3.63) is 39.6 Å². The lowest BCUT2D eigenvalue weighted by Gasteiger charge is -2.12. The summed E-state index contributed by atoms with van der Waals surface area (Å²) in [6.07, 6.45) is -8.89. The predicted molar refractivity (Wildman–Crippen MR) is 76.7 cm³/mol. The van der Waals surface area contributed by atoms with E-state index in [1.807, 2.05) is 0 Å². The predicted octanol–water partition coefficient (Wildman–Crippen LogP) is 4.62. The lowest BCUT2D eigenvalue weighted by Crippen LogP contribution is -2.12. The van der Waals surface area contributed by atoms with Crippen LogP contribution in [-0.2, 0) is 22.2 Å². The van der Waals surface area contributed by atoms with Crippen LogP contribution in [-0.4, -0.2) is 24.5 Å². The van der Waals surface area contributed by atoms with Crippen molar-refractivity contribution in [2.45, 2.75) is 17.2 Å². The van der Waals surface area contributed by atoms with E-state index < -0.39 is 54.1 Å². The Morgan fingerprint density at radius 1 is 1.00 bits per heavy atom. The summed E-state index contributed by atoms with van der Waals surface area (Å²) in [6.45, 7) is 0. The standard InChI is InChI=1S/C12H6Cl2F6N2O2S/c1-25(23,24)8-4-22(21-10(8)12(18,19)20)9-6(13)2-5(3-7(9)14)11(15,16)17/h2-4H,1H3. The maximum atomic E-state index is 13.0. The molecule has 4 nitrogen and oxygen atoms in total. The van der Waals surface area contributed by atoms with Gasteiger partial charge in [0.25, 0.3) is 0 Å². The molecule has 0 aliphatic heterocycles. The zero-order valence-electron chi connectivity index (χ0n) is 11.9. The van der Waals surface area contributed by atoms with Crippen LogP contribution in [0.15, 0.2) is 23.2 Å². The summed E-state index contributed by atoms with van der Waals surface area (Å²) < 4.78 is 100. The van der Waals surface area contributed by atoms with E-state index in [1.165, 1.54) is 0 Å². The number of nitrogens with zero attached hydrogens (tertiary/aromatic N) is 2. The molecule has 0 fully saturated rings. The monoisotopic (exact) mass is 426 g/mol. The fourth-order valence-electron chi connectivity index (χ4n) is 1.89. The van der Waals surface area contributed by atoms with Crippen LogP contribution in [0.5, 0.6) is 0 Å². The summed E-state index contributed by atoms with van der Waals surface area (Å²) in [7, 11) is -4.33. The number of alkyl halides is 6. The molecule has 2 aromatic rings. The van der Waals surface area contributed by atoms with Crippen molar-refractivity contribution in [2.24, 2.45) is 0 Å². The van der Waals surface area contributed by atoms with Gasteiger partial charge in [-0.1, -0.05) is 23.2 Å². The Kier molecular flexibility index (Phi) is 4.81. The maximum Gasteiger partial charge on any atom is 0.436 e. The number of sulfone groups is 1. The second-order valence-electron chi connectivity index (χ2n) is 4.84. The van der Waals surface area contributed by atoms with Crippen molar-refractivity contribution in [1.82, 2.24) is 9.78 Å². The minimum atomic E-state index is -5.12. The molecule has 0 saturated carbocycles. The fourth-order valence-corrected chi connectivity index (χ4v) is 3.35. The average Bonchev–Trinajstić information content (AvgIpc) is 2.81. The van der Waals surface area contributed by atoms with Gasteiger partial charge in [0.1, 0.15) is 10.6 Å². The molecular weight excluding hydrogens is 421 g/mol. The smallest absolute Gasteiger partial charge is 0.236 e. The molecule has 0 unspecified atom stereocenters. The number of rotatable bonds is 2. The second-order valence-corrected chi connectivity index (χ2v) is 7.64. The van der Waals surface area contributed by atoms with Crippen molar-refractivity contribution in [2.75, 3.05) is 6.26 Å².